The Morgan fingerprint density at radius 2 is 2.20 bits per heavy atom. The third-order valence-corrected chi connectivity index (χ3v) is 5.69. The van der Waals surface area contributed by atoms with Gasteiger partial charge in [-0.3, -0.25) is 9.78 Å². The standard InChI is InChI=1S/C19H26N4O2/c24-18(16-2-1-7-20-12-16)22-10-5-19(25,6-11-22)14-23-9-4-15-3-8-21-13-17(15)23/h3-4,8-9,13,16,20,25H,1-2,5-7,10-12,14H2/t16-/m0/s1. The van der Waals surface area contributed by atoms with E-state index in [1.165, 1.54) is 0 Å². The molecule has 0 saturated carbocycles. The van der Waals surface area contributed by atoms with E-state index in [0.717, 1.165) is 36.8 Å². The lowest BCUT2D eigenvalue weighted by Crippen LogP contribution is -2.51. The number of aliphatic hydroxyl groups is 1. The number of aromatic nitrogens is 2. The van der Waals surface area contributed by atoms with Gasteiger partial charge in [0.05, 0.1) is 29.8 Å². The predicted molar refractivity (Wildman–Crippen MR) is 96.1 cm³/mol. The lowest BCUT2D eigenvalue weighted by Gasteiger charge is -2.40. The summed E-state index contributed by atoms with van der Waals surface area (Å²) in [6.07, 6.45) is 8.93. The SMILES string of the molecule is O=C([C@H]1CCCNC1)N1CCC(O)(Cn2ccc3ccncc32)CC1. The topological polar surface area (TPSA) is 70.4 Å². The number of carbonyl (C=O) groups excluding carboxylic acids is 1. The zero-order valence-corrected chi connectivity index (χ0v) is 14.5. The molecular formula is C19H26N4O2. The molecule has 4 rings (SSSR count). The maximum Gasteiger partial charge on any atom is 0.226 e. The summed E-state index contributed by atoms with van der Waals surface area (Å²) in [5, 5.41) is 15.5. The molecule has 0 unspecified atom stereocenters. The van der Waals surface area contributed by atoms with E-state index in [2.05, 4.69) is 20.9 Å². The van der Waals surface area contributed by atoms with Crippen molar-refractivity contribution in [3.63, 3.8) is 0 Å². The second-order valence-electron chi connectivity index (χ2n) is 7.47. The molecule has 2 fully saturated rings. The third-order valence-electron chi connectivity index (χ3n) is 5.69. The number of amides is 1. The minimum atomic E-state index is -0.761. The molecule has 1 amide bonds. The van der Waals surface area contributed by atoms with Crippen LogP contribution in [-0.4, -0.2) is 57.2 Å². The molecule has 4 heterocycles. The summed E-state index contributed by atoms with van der Waals surface area (Å²) in [6.45, 7) is 3.65. The lowest BCUT2D eigenvalue weighted by molar-refractivity contribution is -0.140. The summed E-state index contributed by atoms with van der Waals surface area (Å²) in [6, 6.07) is 4.03. The number of fused-ring (bicyclic) bond motifs is 1. The Labute approximate surface area is 147 Å². The molecule has 2 saturated heterocycles. The zero-order valence-electron chi connectivity index (χ0n) is 14.5. The molecule has 6 nitrogen and oxygen atoms in total. The minimum Gasteiger partial charge on any atom is -0.388 e. The van der Waals surface area contributed by atoms with Crippen molar-refractivity contribution in [2.75, 3.05) is 26.2 Å². The molecule has 0 bridgehead atoms. The first-order valence-corrected chi connectivity index (χ1v) is 9.25. The van der Waals surface area contributed by atoms with Gasteiger partial charge in [0.1, 0.15) is 0 Å². The Morgan fingerprint density at radius 1 is 1.36 bits per heavy atom. The van der Waals surface area contributed by atoms with Crippen molar-refractivity contribution in [3.05, 3.63) is 30.7 Å². The molecule has 134 valence electrons. The fourth-order valence-corrected chi connectivity index (χ4v) is 4.11. The summed E-state index contributed by atoms with van der Waals surface area (Å²) < 4.78 is 2.07. The predicted octanol–water partition coefficient (Wildman–Crippen LogP) is 1.39. The molecule has 1 atom stereocenters. The largest absolute Gasteiger partial charge is 0.388 e. The van der Waals surface area contributed by atoms with Crippen LogP contribution in [0, 0.1) is 5.92 Å². The summed E-state index contributed by atoms with van der Waals surface area (Å²) in [7, 11) is 0. The highest BCUT2D eigenvalue weighted by Crippen LogP contribution is 2.27. The minimum absolute atomic E-state index is 0.111. The first kappa shape index (κ1) is 16.5. The van der Waals surface area contributed by atoms with Gasteiger partial charge in [0, 0.05) is 37.4 Å². The zero-order chi connectivity index (χ0) is 17.3. The van der Waals surface area contributed by atoms with Crippen molar-refractivity contribution in [1.82, 2.24) is 19.8 Å². The van der Waals surface area contributed by atoms with Gasteiger partial charge in [0.25, 0.3) is 0 Å². The molecule has 6 heteroatoms. The van der Waals surface area contributed by atoms with E-state index in [1.807, 2.05) is 23.4 Å². The molecule has 2 aliphatic rings. The summed E-state index contributed by atoms with van der Waals surface area (Å²) in [4.78, 5) is 18.8. The van der Waals surface area contributed by atoms with Gasteiger partial charge in [-0.1, -0.05) is 0 Å². The smallest absolute Gasteiger partial charge is 0.226 e. The van der Waals surface area contributed by atoms with Gasteiger partial charge in [0.2, 0.25) is 5.91 Å². The van der Waals surface area contributed by atoms with Crippen molar-refractivity contribution in [2.45, 2.75) is 37.8 Å². The Hall–Kier alpha value is -1.92. The summed E-state index contributed by atoms with van der Waals surface area (Å²) in [5.74, 6) is 0.365. The van der Waals surface area contributed by atoms with Crippen LogP contribution in [0.2, 0.25) is 0 Å². The Balaban J connectivity index is 1.39. The van der Waals surface area contributed by atoms with Crippen molar-refractivity contribution in [1.29, 1.82) is 0 Å². The van der Waals surface area contributed by atoms with Crippen LogP contribution in [0.25, 0.3) is 10.9 Å². The van der Waals surface area contributed by atoms with Crippen LogP contribution in [0.3, 0.4) is 0 Å². The van der Waals surface area contributed by atoms with Gasteiger partial charge in [-0.2, -0.15) is 0 Å². The van der Waals surface area contributed by atoms with E-state index in [9.17, 15) is 9.90 Å². The molecule has 0 radical (unpaired) electrons. The molecular weight excluding hydrogens is 316 g/mol. The van der Waals surface area contributed by atoms with Gasteiger partial charge in [-0.15, -0.1) is 0 Å². The van der Waals surface area contributed by atoms with E-state index in [1.54, 1.807) is 6.20 Å². The Bertz CT molecular complexity index is 743. The highest BCUT2D eigenvalue weighted by atomic mass is 16.3. The van der Waals surface area contributed by atoms with E-state index >= 15 is 0 Å². The number of rotatable bonds is 3. The van der Waals surface area contributed by atoms with Gasteiger partial charge >= 0.3 is 0 Å². The maximum atomic E-state index is 12.6. The van der Waals surface area contributed by atoms with Crippen LogP contribution in [0.4, 0.5) is 0 Å². The molecule has 2 aromatic heterocycles. The van der Waals surface area contributed by atoms with Crippen LogP contribution < -0.4 is 5.32 Å². The quantitative estimate of drug-likeness (QED) is 0.884. The molecule has 0 aliphatic carbocycles. The van der Waals surface area contributed by atoms with Crippen molar-refractivity contribution in [2.24, 2.45) is 5.92 Å². The number of carbonyl (C=O) groups is 1. The van der Waals surface area contributed by atoms with Crippen molar-refractivity contribution in [3.8, 4) is 0 Å². The second-order valence-corrected chi connectivity index (χ2v) is 7.47. The van der Waals surface area contributed by atoms with Crippen LogP contribution in [-0.2, 0) is 11.3 Å². The number of nitrogens with zero attached hydrogens (tertiary/aromatic N) is 3. The average molecular weight is 342 g/mol. The Morgan fingerprint density at radius 3 is 2.96 bits per heavy atom. The number of hydrogen-bond acceptors (Lipinski definition) is 4. The fraction of sp³-hybridized carbons (Fsp3) is 0.579. The number of pyridine rings is 1. The van der Waals surface area contributed by atoms with E-state index in [4.69, 9.17) is 0 Å². The van der Waals surface area contributed by atoms with Crippen LogP contribution >= 0.6 is 0 Å². The number of nitrogens with one attached hydrogen (secondary N) is 1. The first-order chi connectivity index (χ1) is 12.1. The average Bonchev–Trinajstić information content (AvgIpc) is 3.05. The molecule has 2 N–H and O–H groups in total. The summed E-state index contributed by atoms with van der Waals surface area (Å²) in [5.41, 5.74) is 0.284. The molecule has 2 aliphatic heterocycles. The van der Waals surface area contributed by atoms with Crippen LogP contribution in [0.15, 0.2) is 30.7 Å². The number of piperidine rings is 2. The van der Waals surface area contributed by atoms with E-state index in [0.29, 0.717) is 32.5 Å². The molecule has 2 aromatic rings. The van der Waals surface area contributed by atoms with Crippen LogP contribution in [0.1, 0.15) is 25.7 Å². The fourth-order valence-electron chi connectivity index (χ4n) is 4.11. The Kier molecular flexibility index (Phi) is 4.48. The highest BCUT2D eigenvalue weighted by Gasteiger charge is 2.36. The monoisotopic (exact) mass is 342 g/mol. The van der Waals surface area contributed by atoms with Crippen molar-refractivity contribution < 1.29 is 9.90 Å². The normalized spacial score (nSPS) is 23.7. The van der Waals surface area contributed by atoms with Gasteiger partial charge in [-0.25, -0.2) is 0 Å². The number of likely N-dealkylation sites (tertiary alicyclic amines) is 1. The molecule has 25 heavy (non-hydrogen) atoms. The summed E-state index contributed by atoms with van der Waals surface area (Å²) >= 11 is 0. The third kappa shape index (κ3) is 3.41. The van der Waals surface area contributed by atoms with Gasteiger partial charge < -0.3 is 19.9 Å². The van der Waals surface area contributed by atoms with E-state index in [-0.39, 0.29) is 11.8 Å². The van der Waals surface area contributed by atoms with E-state index < -0.39 is 5.60 Å². The molecule has 0 aromatic carbocycles. The maximum absolute atomic E-state index is 12.6. The highest BCUT2D eigenvalue weighted by molar-refractivity contribution is 5.79. The van der Waals surface area contributed by atoms with Crippen molar-refractivity contribution >= 4 is 16.8 Å². The number of hydrogen-bond donors (Lipinski definition) is 2. The first-order valence-electron chi connectivity index (χ1n) is 9.25. The molecule has 0 spiro atoms. The lowest BCUT2D eigenvalue weighted by atomic mass is 9.89. The van der Waals surface area contributed by atoms with Crippen LogP contribution in [0.5, 0.6) is 0 Å². The van der Waals surface area contributed by atoms with Gasteiger partial charge in [-0.05, 0) is 44.4 Å². The van der Waals surface area contributed by atoms with Gasteiger partial charge in [0.15, 0.2) is 0 Å². The second kappa shape index (κ2) is 6.77.